The fourth-order valence-corrected chi connectivity index (χ4v) is 2.86. The molecule has 8 heteroatoms. The molecular formula is C17H23N5O3. The standard InChI is InChI=1S/C17H23N5O3/c1-12-4-5-15(19-18-12)24-11-10-21-6-8-22(9-7-21)17(23)16-13(2)20-25-14(16)3/h4-5H,6-11H2,1-3H3. The van der Waals surface area contributed by atoms with Gasteiger partial charge in [-0.3, -0.25) is 9.69 Å². The molecule has 0 unspecified atom stereocenters. The lowest BCUT2D eigenvalue weighted by atomic mass is 10.1. The highest BCUT2D eigenvalue weighted by Gasteiger charge is 2.26. The molecule has 0 aromatic carbocycles. The number of nitrogens with zero attached hydrogens (tertiary/aromatic N) is 5. The van der Waals surface area contributed by atoms with Gasteiger partial charge in [0.2, 0.25) is 5.88 Å². The van der Waals surface area contributed by atoms with E-state index in [0.29, 0.717) is 42.6 Å². The second-order valence-corrected chi connectivity index (χ2v) is 6.19. The molecule has 1 aliphatic heterocycles. The number of ether oxygens (including phenoxy) is 1. The van der Waals surface area contributed by atoms with E-state index in [0.717, 1.165) is 25.3 Å². The van der Waals surface area contributed by atoms with Crippen molar-refractivity contribution in [1.29, 1.82) is 0 Å². The minimum absolute atomic E-state index is 0.00193. The lowest BCUT2D eigenvalue weighted by molar-refractivity contribution is 0.0617. The van der Waals surface area contributed by atoms with Crippen LogP contribution in [0.4, 0.5) is 0 Å². The van der Waals surface area contributed by atoms with Crippen LogP contribution in [0.3, 0.4) is 0 Å². The zero-order valence-electron chi connectivity index (χ0n) is 14.9. The van der Waals surface area contributed by atoms with Crippen LogP contribution in [-0.2, 0) is 0 Å². The molecule has 1 saturated heterocycles. The molecule has 0 N–H and O–H groups in total. The molecule has 0 spiro atoms. The highest BCUT2D eigenvalue weighted by atomic mass is 16.5. The Morgan fingerprint density at radius 1 is 1.16 bits per heavy atom. The number of hydrogen-bond donors (Lipinski definition) is 0. The lowest BCUT2D eigenvalue weighted by Gasteiger charge is -2.34. The van der Waals surface area contributed by atoms with E-state index in [1.54, 1.807) is 13.8 Å². The smallest absolute Gasteiger partial charge is 0.259 e. The number of carbonyl (C=O) groups is 1. The molecule has 25 heavy (non-hydrogen) atoms. The van der Waals surface area contributed by atoms with E-state index in [4.69, 9.17) is 9.26 Å². The van der Waals surface area contributed by atoms with Crippen LogP contribution in [-0.4, -0.2) is 70.4 Å². The van der Waals surface area contributed by atoms with Crippen molar-refractivity contribution in [3.8, 4) is 5.88 Å². The molecule has 3 rings (SSSR count). The van der Waals surface area contributed by atoms with Crippen molar-refractivity contribution in [1.82, 2.24) is 25.2 Å². The maximum Gasteiger partial charge on any atom is 0.259 e. The van der Waals surface area contributed by atoms with Crippen LogP contribution >= 0.6 is 0 Å². The molecule has 0 saturated carbocycles. The molecule has 0 atom stereocenters. The zero-order chi connectivity index (χ0) is 17.8. The highest BCUT2D eigenvalue weighted by Crippen LogP contribution is 2.16. The Morgan fingerprint density at radius 2 is 1.92 bits per heavy atom. The van der Waals surface area contributed by atoms with Gasteiger partial charge in [0.05, 0.1) is 11.4 Å². The second-order valence-electron chi connectivity index (χ2n) is 6.19. The second kappa shape index (κ2) is 7.60. The van der Waals surface area contributed by atoms with Gasteiger partial charge in [-0.05, 0) is 26.8 Å². The third-order valence-corrected chi connectivity index (χ3v) is 4.34. The number of carbonyl (C=O) groups excluding carboxylic acids is 1. The highest BCUT2D eigenvalue weighted by molar-refractivity contribution is 5.96. The molecule has 0 bridgehead atoms. The predicted octanol–water partition coefficient (Wildman–Crippen LogP) is 1.23. The lowest BCUT2D eigenvalue weighted by Crippen LogP contribution is -2.49. The van der Waals surface area contributed by atoms with Gasteiger partial charge in [0, 0.05) is 38.8 Å². The predicted molar refractivity (Wildman–Crippen MR) is 90.6 cm³/mol. The number of hydrogen-bond acceptors (Lipinski definition) is 7. The number of piperazine rings is 1. The van der Waals surface area contributed by atoms with Crippen molar-refractivity contribution in [2.75, 3.05) is 39.3 Å². The van der Waals surface area contributed by atoms with E-state index in [-0.39, 0.29) is 5.91 Å². The molecule has 1 amide bonds. The van der Waals surface area contributed by atoms with Gasteiger partial charge in [-0.15, -0.1) is 5.10 Å². The van der Waals surface area contributed by atoms with Crippen molar-refractivity contribution < 1.29 is 14.1 Å². The van der Waals surface area contributed by atoms with Crippen LogP contribution in [0.2, 0.25) is 0 Å². The van der Waals surface area contributed by atoms with E-state index in [1.165, 1.54) is 0 Å². The van der Waals surface area contributed by atoms with Crippen LogP contribution in [0.5, 0.6) is 5.88 Å². The maximum atomic E-state index is 12.6. The minimum atomic E-state index is 0.00193. The summed E-state index contributed by atoms with van der Waals surface area (Å²) in [7, 11) is 0. The number of amides is 1. The molecule has 134 valence electrons. The first-order chi connectivity index (χ1) is 12.0. The topological polar surface area (TPSA) is 84.6 Å². The first kappa shape index (κ1) is 17.3. The SMILES string of the molecule is Cc1ccc(OCCN2CCN(C(=O)c3c(C)noc3C)CC2)nn1. The van der Waals surface area contributed by atoms with Gasteiger partial charge in [-0.25, -0.2) is 0 Å². The number of aryl methyl sites for hydroxylation is 3. The van der Waals surface area contributed by atoms with E-state index >= 15 is 0 Å². The van der Waals surface area contributed by atoms with Gasteiger partial charge >= 0.3 is 0 Å². The van der Waals surface area contributed by atoms with Crippen molar-refractivity contribution in [3.05, 3.63) is 34.8 Å². The average molecular weight is 345 g/mol. The first-order valence-corrected chi connectivity index (χ1v) is 8.42. The van der Waals surface area contributed by atoms with Gasteiger partial charge in [-0.1, -0.05) is 5.16 Å². The van der Waals surface area contributed by atoms with E-state index in [2.05, 4.69) is 20.3 Å². The van der Waals surface area contributed by atoms with Crippen molar-refractivity contribution in [2.45, 2.75) is 20.8 Å². The summed E-state index contributed by atoms with van der Waals surface area (Å²) < 4.78 is 10.7. The summed E-state index contributed by atoms with van der Waals surface area (Å²) in [6.45, 7) is 9.81. The summed E-state index contributed by atoms with van der Waals surface area (Å²) in [5.41, 5.74) is 2.11. The molecule has 2 aromatic rings. The summed E-state index contributed by atoms with van der Waals surface area (Å²) in [6, 6.07) is 3.70. The Hall–Kier alpha value is -2.48. The van der Waals surface area contributed by atoms with Gasteiger partial charge in [0.1, 0.15) is 17.9 Å². The average Bonchev–Trinajstić information content (AvgIpc) is 2.95. The summed E-state index contributed by atoms with van der Waals surface area (Å²) in [6.07, 6.45) is 0. The summed E-state index contributed by atoms with van der Waals surface area (Å²) in [5, 5.41) is 11.8. The quantitative estimate of drug-likeness (QED) is 0.805. The minimum Gasteiger partial charge on any atom is -0.475 e. The third kappa shape index (κ3) is 4.14. The molecule has 8 nitrogen and oxygen atoms in total. The number of rotatable bonds is 5. The summed E-state index contributed by atoms with van der Waals surface area (Å²) >= 11 is 0. The maximum absolute atomic E-state index is 12.6. The van der Waals surface area contributed by atoms with Crippen molar-refractivity contribution in [2.24, 2.45) is 0 Å². The van der Waals surface area contributed by atoms with Gasteiger partial charge in [-0.2, -0.15) is 5.10 Å². The Bertz CT molecular complexity index is 701. The van der Waals surface area contributed by atoms with Gasteiger partial charge < -0.3 is 14.2 Å². The monoisotopic (exact) mass is 345 g/mol. The largest absolute Gasteiger partial charge is 0.475 e. The van der Waals surface area contributed by atoms with E-state index < -0.39 is 0 Å². The van der Waals surface area contributed by atoms with Crippen LogP contribution in [0.15, 0.2) is 16.7 Å². The normalized spacial score (nSPS) is 15.4. The molecular weight excluding hydrogens is 322 g/mol. The molecule has 2 aromatic heterocycles. The van der Waals surface area contributed by atoms with Crippen LogP contribution in [0.1, 0.15) is 27.5 Å². The van der Waals surface area contributed by atoms with Crippen molar-refractivity contribution in [3.63, 3.8) is 0 Å². The van der Waals surface area contributed by atoms with E-state index in [1.807, 2.05) is 24.0 Å². The Labute approximate surface area is 146 Å². The summed E-state index contributed by atoms with van der Waals surface area (Å²) in [5.74, 6) is 1.12. The Kier molecular flexibility index (Phi) is 5.28. The Morgan fingerprint density at radius 3 is 2.52 bits per heavy atom. The van der Waals surface area contributed by atoms with E-state index in [9.17, 15) is 4.79 Å². The fraction of sp³-hybridized carbons (Fsp3) is 0.529. The molecule has 0 aliphatic carbocycles. The van der Waals surface area contributed by atoms with Gasteiger partial charge in [0.15, 0.2) is 0 Å². The van der Waals surface area contributed by atoms with Crippen LogP contribution in [0.25, 0.3) is 0 Å². The molecule has 3 heterocycles. The fourth-order valence-electron chi connectivity index (χ4n) is 2.86. The molecule has 1 fully saturated rings. The van der Waals surface area contributed by atoms with Crippen LogP contribution < -0.4 is 4.74 Å². The van der Waals surface area contributed by atoms with Crippen LogP contribution in [0, 0.1) is 20.8 Å². The third-order valence-electron chi connectivity index (χ3n) is 4.34. The van der Waals surface area contributed by atoms with Crippen molar-refractivity contribution >= 4 is 5.91 Å². The first-order valence-electron chi connectivity index (χ1n) is 8.42. The zero-order valence-corrected chi connectivity index (χ0v) is 14.9. The Balaban J connectivity index is 1.44. The number of aromatic nitrogens is 3. The van der Waals surface area contributed by atoms with Gasteiger partial charge in [0.25, 0.3) is 5.91 Å². The molecule has 1 aliphatic rings. The molecule has 0 radical (unpaired) electrons. The summed E-state index contributed by atoms with van der Waals surface area (Å²) in [4.78, 5) is 16.7.